The molecule has 1 amide bonds. The first kappa shape index (κ1) is 20.7. The summed E-state index contributed by atoms with van der Waals surface area (Å²) < 4.78 is 43.3. The predicted octanol–water partition coefficient (Wildman–Crippen LogP) is 3.71. The Balaban J connectivity index is 1.61. The number of carbonyl (C=O) groups excluding carboxylic acids is 2. The molecule has 0 spiro atoms. The fourth-order valence-corrected chi connectivity index (χ4v) is 2.82. The number of esters is 1. The van der Waals surface area contributed by atoms with E-state index in [-0.39, 0.29) is 17.4 Å². The number of amides is 1. The quantitative estimate of drug-likeness (QED) is 0.711. The molecule has 6 nitrogen and oxygen atoms in total. The SMILES string of the molecule is CC(OC(=O)c1ccccc1OCC1CCCO1)C(=O)Nc1cc(F)ccc1F. The van der Waals surface area contributed by atoms with Crippen molar-refractivity contribution in [1.29, 1.82) is 0 Å². The minimum atomic E-state index is -1.24. The van der Waals surface area contributed by atoms with Crippen LogP contribution in [0.15, 0.2) is 42.5 Å². The highest BCUT2D eigenvalue weighted by Crippen LogP contribution is 2.22. The molecule has 29 heavy (non-hydrogen) atoms. The Morgan fingerprint density at radius 2 is 2.03 bits per heavy atom. The number of hydrogen-bond donors (Lipinski definition) is 1. The summed E-state index contributed by atoms with van der Waals surface area (Å²) in [6.07, 6.45) is 0.595. The fourth-order valence-electron chi connectivity index (χ4n) is 2.82. The Morgan fingerprint density at radius 3 is 2.79 bits per heavy atom. The van der Waals surface area contributed by atoms with Crippen LogP contribution in [0.2, 0.25) is 0 Å². The summed E-state index contributed by atoms with van der Waals surface area (Å²) in [5.74, 6) is -2.75. The Morgan fingerprint density at radius 1 is 1.24 bits per heavy atom. The van der Waals surface area contributed by atoms with Gasteiger partial charge in [0.15, 0.2) is 6.10 Å². The van der Waals surface area contributed by atoms with E-state index in [9.17, 15) is 18.4 Å². The summed E-state index contributed by atoms with van der Waals surface area (Å²) >= 11 is 0. The van der Waals surface area contributed by atoms with Crippen molar-refractivity contribution in [3.8, 4) is 5.75 Å². The van der Waals surface area contributed by atoms with Gasteiger partial charge in [-0.2, -0.15) is 0 Å². The molecule has 1 fully saturated rings. The summed E-state index contributed by atoms with van der Waals surface area (Å²) in [5.41, 5.74) is -0.180. The van der Waals surface area contributed by atoms with Gasteiger partial charge in [-0.1, -0.05) is 12.1 Å². The largest absolute Gasteiger partial charge is 0.490 e. The lowest BCUT2D eigenvalue weighted by Crippen LogP contribution is -2.30. The first-order chi connectivity index (χ1) is 13.9. The highest BCUT2D eigenvalue weighted by Gasteiger charge is 2.23. The number of carbonyl (C=O) groups is 2. The zero-order valence-electron chi connectivity index (χ0n) is 15.8. The van der Waals surface area contributed by atoms with Crippen LogP contribution in [0.5, 0.6) is 5.75 Å². The second-order valence-electron chi connectivity index (χ2n) is 6.60. The zero-order chi connectivity index (χ0) is 20.8. The van der Waals surface area contributed by atoms with E-state index < -0.39 is 29.6 Å². The number of rotatable bonds is 7. The van der Waals surface area contributed by atoms with Crippen molar-refractivity contribution in [3.05, 3.63) is 59.7 Å². The molecule has 0 bridgehead atoms. The van der Waals surface area contributed by atoms with E-state index in [1.165, 1.54) is 13.0 Å². The topological polar surface area (TPSA) is 73.9 Å². The molecule has 0 saturated carbocycles. The van der Waals surface area contributed by atoms with Crippen LogP contribution in [0.1, 0.15) is 30.1 Å². The Hall–Kier alpha value is -3.00. The van der Waals surface area contributed by atoms with E-state index in [2.05, 4.69) is 5.32 Å². The average Bonchev–Trinajstić information content (AvgIpc) is 3.23. The third-order valence-electron chi connectivity index (χ3n) is 4.40. The van der Waals surface area contributed by atoms with Crippen molar-refractivity contribution >= 4 is 17.6 Å². The van der Waals surface area contributed by atoms with E-state index in [1.807, 2.05) is 0 Å². The van der Waals surface area contributed by atoms with E-state index in [0.717, 1.165) is 31.0 Å². The number of benzene rings is 2. The molecule has 3 rings (SSSR count). The van der Waals surface area contributed by atoms with Gasteiger partial charge in [0.25, 0.3) is 5.91 Å². The molecule has 0 aliphatic carbocycles. The number of nitrogens with one attached hydrogen (secondary N) is 1. The average molecular weight is 405 g/mol. The van der Waals surface area contributed by atoms with E-state index in [1.54, 1.807) is 18.2 Å². The van der Waals surface area contributed by atoms with Crippen molar-refractivity contribution in [3.63, 3.8) is 0 Å². The van der Waals surface area contributed by atoms with E-state index >= 15 is 0 Å². The highest BCUT2D eigenvalue weighted by atomic mass is 19.1. The van der Waals surface area contributed by atoms with Crippen LogP contribution >= 0.6 is 0 Å². The highest BCUT2D eigenvalue weighted by molar-refractivity contribution is 5.98. The molecule has 1 saturated heterocycles. The molecule has 0 aromatic heterocycles. The second kappa shape index (κ2) is 9.47. The number of ether oxygens (including phenoxy) is 3. The monoisotopic (exact) mass is 405 g/mol. The first-order valence-electron chi connectivity index (χ1n) is 9.24. The minimum Gasteiger partial charge on any atom is -0.490 e. The number of hydrogen-bond acceptors (Lipinski definition) is 5. The van der Waals surface area contributed by atoms with E-state index in [4.69, 9.17) is 14.2 Å². The molecule has 2 aromatic rings. The van der Waals surface area contributed by atoms with Gasteiger partial charge in [0.05, 0.1) is 11.8 Å². The Kier molecular flexibility index (Phi) is 6.77. The van der Waals surface area contributed by atoms with Gasteiger partial charge in [0.2, 0.25) is 0 Å². The van der Waals surface area contributed by atoms with Crippen LogP contribution in [0.3, 0.4) is 0 Å². The molecule has 0 radical (unpaired) electrons. The van der Waals surface area contributed by atoms with Gasteiger partial charge in [0, 0.05) is 12.7 Å². The van der Waals surface area contributed by atoms with Crippen molar-refractivity contribution in [2.45, 2.75) is 32.0 Å². The number of halogens is 2. The molecule has 1 heterocycles. The lowest BCUT2D eigenvalue weighted by Gasteiger charge is -2.16. The normalized spacial score (nSPS) is 16.9. The molecule has 1 N–H and O–H groups in total. The lowest BCUT2D eigenvalue weighted by atomic mass is 10.2. The fraction of sp³-hybridized carbons (Fsp3) is 0.333. The Bertz CT molecular complexity index is 883. The smallest absolute Gasteiger partial charge is 0.342 e. The molecule has 1 aliphatic heterocycles. The molecule has 8 heteroatoms. The summed E-state index contributed by atoms with van der Waals surface area (Å²) in [6, 6.07) is 9.16. The summed E-state index contributed by atoms with van der Waals surface area (Å²) in [4.78, 5) is 24.7. The predicted molar refractivity (Wildman–Crippen MR) is 101 cm³/mol. The van der Waals surface area contributed by atoms with Gasteiger partial charge in [-0.3, -0.25) is 4.79 Å². The maximum atomic E-state index is 13.7. The lowest BCUT2D eigenvalue weighted by molar-refractivity contribution is -0.123. The second-order valence-corrected chi connectivity index (χ2v) is 6.60. The summed E-state index contributed by atoms with van der Waals surface area (Å²) in [7, 11) is 0. The molecule has 1 aliphatic rings. The third kappa shape index (κ3) is 5.51. The summed E-state index contributed by atoms with van der Waals surface area (Å²) in [6.45, 7) is 2.33. The van der Waals surface area contributed by atoms with Crippen molar-refractivity contribution in [1.82, 2.24) is 0 Å². The van der Waals surface area contributed by atoms with Crippen LogP contribution in [-0.4, -0.2) is 37.3 Å². The minimum absolute atomic E-state index is 0.0232. The van der Waals surface area contributed by atoms with Gasteiger partial charge in [0.1, 0.15) is 29.6 Å². The van der Waals surface area contributed by atoms with Crippen molar-refractivity contribution in [2.75, 3.05) is 18.5 Å². The third-order valence-corrected chi connectivity index (χ3v) is 4.40. The maximum Gasteiger partial charge on any atom is 0.342 e. The van der Waals surface area contributed by atoms with Gasteiger partial charge in [-0.25, -0.2) is 13.6 Å². The maximum absolute atomic E-state index is 13.7. The molecule has 2 atom stereocenters. The first-order valence-corrected chi connectivity index (χ1v) is 9.24. The van der Waals surface area contributed by atoms with Gasteiger partial charge >= 0.3 is 5.97 Å². The van der Waals surface area contributed by atoms with Crippen LogP contribution < -0.4 is 10.1 Å². The van der Waals surface area contributed by atoms with Gasteiger partial charge in [-0.15, -0.1) is 0 Å². The van der Waals surface area contributed by atoms with Crippen LogP contribution in [0.25, 0.3) is 0 Å². The molecule has 2 aromatic carbocycles. The Labute approximate surface area is 166 Å². The molecular weight excluding hydrogens is 384 g/mol. The van der Waals surface area contributed by atoms with Gasteiger partial charge in [-0.05, 0) is 44.0 Å². The van der Waals surface area contributed by atoms with Crippen molar-refractivity contribution in [2.24, 2.45) is 0 Å². The molecular formula is C21H21F2NO5. The van der Waals surface area contributed by atoms with Crippen LogP contribution in [0, 0.1) is 11.6 Å². The molecule has 2 unspecified atom stereocenters. The number of anilines is 1. The van der Waals surface area contributed by atoms with Gasteiger partial charge < -0.3 is 19.5 Å². The standard InChI is InChI=1S/C21H21F2NO5/c1-13(20(25)24-18-11-14(22)8-9-17(18)23)29-21(26)16-6-2-3-7-19(16)28-12-15-5-4-10-27-15/h2-3,6-9,11,13,15H,4-5,10,12H2,1H3,(H,24,25). The van der Waals surface area contributed by atoms with Crippen LogP contribution in [0.4, 0.5) is 14.5 Å². The zero-order valence-corrected chi connectivity index (χ0v) is 15.8. The van der Waals surface area contributed by atoms with E-state index in [0.29, 0.717) is 19.0 Å². The number of para-hydroxylation sites is 1. The van der Waals surface area contributed by atoms with Crippen LogP contribution in [-0.2, 0) is 14.3 Å². The molecule has 154 valence electrons. The van der Waals surface area contributed by atoms with Crippen molar-refractivity contribution < 1.29 is 32.6 Å². The summed E-state index contributed by atoms with van der Waals surface area (Å²) in [5, 5.41) is 2.21.